The molecule has 0 bridgehead atoms. The van der Waals surface area contributed by atoms with Gasteiger partial charge in [-0.15, -0.1) is 11.3 Å². The van der Waals surface area contributed by atoms with E-state index in [9.17, 15) is 10.2 Å². The number of hydrogen-bond acceptors (Lipinski definition) is 8. The van der Waals surface area contributed by atoms with Gasteiger partial charge in [0.05, 0.1) is 34.5 Å². The molecule has 0 spiro atoms. The number of methoxy groups -OCH3 is 1. The van der Waals surface area contributed by atoms with Crippen LogP contribution in [0.1, 0.15) is 0 Å². The van der Waals surface area contributed by atoms with Crippen LogP contribution in [0.3, 0.4) is 0 Å². The van der Waals surface area contributed by atoms with Gasteiger partial charge in [-0.1, -0.05) is 16.9 Å². The Bertz CT molecular complexity index is 751. The molecule has 128 valence electrons. The molecular formula is C14H16N4O4S2. The Balaban J connectivity index is 1.86. The Morgan fingerprint density at radius 2 is 2.38 bits per heavy atom. The van der Waals surface area contributed by atoms with Crippen molar-refractivity contribution in [2.45, 2.75) is 34.7 Å². The lowest BCUT2D eigenvalue weighted by molar-refractivity contribution is -0.167. The lowest BCUT2D eigenvalue weighted by Crippen LogP contribution is -2.57. The Kier molecular flexibility index (Phi) is 5.57. The molecule has 10 heteroatoms. The number of nitrogens with zero attached hydrogens (tertiary/aromatic N) is 4. The summed E-state index contributed by atoms with van der Waals surface area (Å²) in [5.41, 5.74) is 10.9. The lowest BCUT2D eigenvalue weighted by atomic mass is 9.98. The number of aliphatic hydroxyl groups excluding tert-OH is 2. The van der Waals surface area contributed by atoms with Crippen LogP contribution in [0, 0.1) is 0 Å². The van der Waals surface area contributed by atoms with Crippen molar-refractivity contribution in [3.63, 3.8) is 0 Å². The zero-order chi connectivity index (χ0) is 17.1. The maximum atomic E-state index is 10.2. The fourth-order valence-electron chi connectivity index (χ4n) is 2.64. The van der Waals surface area contributed by atoms with Gasteiger partial charge in [0.25, 0.3) is 0 Å². The van der Waals surface area contributed by atoms with Crippen molar-refractivity contribution in [3.8, 4) is 0 Å². The first kappa shape index (κ1) is 17.4. The molecule has 1 aromatic carbocycles. The molecule has 2 N–H and O–H groups in total. The number of thioether (sulfide) groups is 1. The standard InChI is InChI=1S/C14H16N4O4S2/c1-21-13-11(17-18-15)12(20)9(5-19)22-14(13)24-7-2-3-8-10(4-7)23-6-16-8/h2-4,6,9,11-14,19-20H,5H2,1H3/t9-,11+,12+,13-,14-/m1/s1. The van der Waals surface area contributed by atoms with E-state index in [1.54, 1.807) is 16.8 Å². The van der Waals surface area contributed by atoms with Gasteiger partial charge >= 0.3 is 0 Å². The average molecular weight is 368 g/mol. The summed E-state index contributed by atoms with van der Waals surface area (Å²) < 4.78 is 12.2. The monoisotopic (exact) mass is 368 g/mol. The van der Waals surface area contributed by atoms with Crippen LogP contribution >= 0.6 is 23.1 Å². The van der Waals surface area contributed by atoms with Crippen LogP contribution in [-0.2, 0) is 9.47 Å². The summed E-state index contributed by atoms with van der Waals surface area (Å²) >= 11 is 2.93. The van der Waals surface area contributed by atoms with E-state index in [2.05, 4.69) is 15.0 Å². The largest absolute Gasteiger partial charge is 0.394 e. The third-order valence-corrected chi connectivity index (χ3v) is 5.77. The quantitative estimate of drug-likeness (QED) is 0.474. The summed E-state index contributed by atoms with van der Waals surface area (Å²) in [6.07, 6.45) is -2.60. The summed E-state index contributed by atoms with van der Waals surface area (Å²) in [7, 11) is 1.47. The summed E-state index contributed by atoms with van der Waals surface area (Å²) in [4.78, 5) is 7.96. The van der Waals surface area contributed by atoms with Crippen LogP contribution in [0.4, 0.5) is 0 Å². The van der Waals surface area contributed by atoms with Gasteiger partial charge in [-0.25, -0.2) is 4.98 Å². The van der Waals surface area contributed by atoms with Crippen molar-refractivity contribution in [2.75, 3.05) is 13.7 Å². The maximum Gasteiger partial charge on any atom is 0.134 e. The van der Waals surface area contributed by atoms with Gasteiger partial charge in [0, 0.05) is 16.9 Å². The Labute approximate surface area is 146 Å². The molecule has 0 amide bonds. The Hall–Kier alpha value is -1.39. The number of aliphatic hydroxyl groups is 2. The van der Waals surface area contributed by atoms with Crippen LogP contribution in [0.25, 0.3) is 20.7 Å². The zero-order valence-corrected chi connectivity index (χ0v) is 14.4. The van der Waals surface area contributed by atoms with Crippen molar-refractivity contribution in [3.05, 3.63) is 34.2 Å². The van der Waals surface area contributed by atoms with Gasteiger partial charge in [0.15, 0.2) is 0 Å². The number of fused-ring (bicyclic) bond motifs is 1. The van der Waals surface area contributed by atoms with Gasteiger partial charge in [-0.3, -0.25) is 0 Å². The van der Waals surface area contributed by atoms with Gasteiger partial charge in [0.2, 0.25) is 0 Å². The SMILES string of the molecule is CO[C@@H]1[C@@H](N=[N+]=[N-])[C@@H](O)[C@@H](CO)O[C@@H]1Sc1ccc2ncsc2c1. The Morgan fingerprint density at radius 1 is 1.54 bits per heavy atom. The molecule has 24 heavy (non-hydrogen) atoms. The summed E-state index contributed by atoms with van der Waals surface area (Å²) in [5, 5.41) is 23.3. The minimum absolute atomic E-state index is 0.375. The fourth-order valence-corrected chi connectivity index (χ4v) is 4.63. The van der Waals surface area contributed by atoms with Crippen molar-refractivity contribution < 1.29 is 19.7 Å². The second-order valence-electron chi connectivity index (χ2n) is 5.21. The molecule has 0 unspecified atom stereocenters. The van der Waals surface area contributed by atoms with E-state index in [0.717, 1.165) is 15.1 Å². The molecule has 1 aliphatic heterocycles. The Morgan fingerprint density at radius 3 is 3.08 bits per heavy atom. The molecule has 2 heterocycles. The van der Waals surface area contributed by atoms with E-state index < -0.39 is 29.8 Å². The van der Waals surface area contributed by atoms with E-state index in [1.807, 2.05) is 18.2 Å². The van der Waals surface area contributed by atoms with E-state index >= 15 is 0 Å². The second kappa shape index (κ2) is 7.66. The number of benzene rings is 1. The van der Waals surface area contributed by atoms with Gasteiger partial charge in [-0.2, -0.15) is 0 Å². The number of ether oxygens (including phenoxy) is 2. The van der Waals surface area contributed by atoms with Gasteiger partial charge in [0.1, 0.15) is 17.6 Å². The van der Waals surface area contributed by atoms with Gasteiger partial charge < -0.3 is 19.7 Å². The second-order valence-corrected chi connectivity index (χ2v) is 7.27. The summed E-state index contributed by atoms with van der Waals surface area (Å²) in [5.74, 6) is 0. The zero-order valence-electron chi connectivity index (χ0n) is 12.7. The number of rotatable bonds is 5. The molecule has 2 aromatic rings. The maximum absolute atomic E-state index is 10.2. The highest BCUT2D eigenvalue weighted by Gasteiger charge is 2.45. The minimum Gasteiger partial charge on any atom is -0.394 e. The predicted molar refractivity (Wildman–Crippen MR) is 91.0 cm³/mol. The van der Waals surface area contributed by atoms with Crippen LogP contribution in [0.2, 0.25) is 0 Å². The molecule has 3 rings (SSSR count). The van der Waals surface area contributed by atoms with E-state index in [1.165, 1.54) is 18.9 Å². The first-order chi connectivity index (χ1) is 11.7. The van der Waals surface area contributed by atoms with E-state index in [4.69, 9.17) is 15.0 Å². The molecule has 0 radical (unpaired) electrons. The average Bonchev–Trinajstić information content (AvgIpc) is 3.05. The summed E-state index contributed by atoms with van der Waals surface area (Å²) in [6, 6.07) is 5.00. The normalized spacial score (nSPS) is 30.2. The highest BCUT2D eigenvalue weighted by atomic mass is 32.2. The van der Waals surface area contributed by atoms with E-state index in [0.29, 0.717) is 0 Å². The molecule has 1 aliphatic rings. The predicted octanol–water partition coefficient (Wildman–Crippen LogP) is 2.16. The summed E-state index contributed by atoms with van der Waals surface area (Å²) in [6.45, 7) is -0.375. The van der Waals surface area contributed by atoms with Crippen LogP contribution in [-0.4, -0.2) is 58.7 Å². The topological polar surface area (TPSA) is 121 Å². The minimum atomic E-state index is -1.13. The number of hydrogen-bond donors (Lipinski definition) is 2. The first-order valence-electron chi connectivity index (χ1n) is 7.19. The fraction of sp³-hybridized carbons (Fsp3) is 0.500. The molecule has 1 fully saturated rings. The molecule has 1 aromatic heterocycles. The van der Waals surface area contributed by atoms with Crippen LogP contribution in [0.5, 0.6) is 0 Å². The number of thiazole rings is 1. The third-order valence-electron chi connectivity index (χ3n) is 3.84. The van der Waals surface area contributed by atoms with Crippen molar-refractivity contribution in [2.24, 2.45) is 5.11 Å². The smallest absolute Gasteiger partial charge is 0.134 e. The van der Waals surface area contributed by atoms with Crippen molar-refractivity contribution in [1.82, 2.24) is 4.98 Å². The van der Waals surface area contributed by atoms with E-state index in [-0.39, 0.29) is 6.61 Å². The van der Waals surface area contributed by atoms with Crippen LogP contribution in [0.15, 0.2) is 33.7 Å². The molecule has 8 nitrogen and oxygen atoms in total. The molecule has 0 aliphatic carbocycles. The first-order valence-corrected chi connectivity index (χ1v) is 8.95. The van der Waals surface area contributed by atoms with Crippen molar-refractivity contribution in [1.29, 1.82) is 0 Å². The van der Waals surface area contributed by atoms with Crippen LogP contribution < -0.4 is 0 Å². The highest BCUT2D eigenvalue weighted by Crippen LogP contribution is 2.37. The molecule has 0 saturated carbocycles. The molecule has 1 saturated heterocycles. The van der Waals surface area contributed by atoms with Crippen molar-refractivity contribution >= 4 is 33.3 Å². The molecule has 5 atom stereocenters. The van der Waals surface area contributed by atoms with Gasteiger partial charge in [-0.05, 0) is 23.7 Å². The third kappa shape index (κ3) is 3.35. The highest BCUT2D eigenvalue weighted by molar-refractivity contribution is 7.99. The number of aromatic nitrogens is 1. The lowest BCUT2D eigenvalue weighted by Gasteiger charge is -2.41. The molecular weight excluding hydrogens is 352 g/mol. The number of azide groups is 1.